The fourth-order valence-corrected chi connectivity index (χ4v) is 5.12. The highest BCUT2D eigenvalue weighted by atomic mass is 15.4. The Kier molecular flexibility index (Phi) is 6.81. The molecule has 0 aliphatic rings. The third-order valence-electron chi connectivity index (χ3n) is 6.99. The number of anilines is 1. The van der Waals surface area contributed by atoms with E-state index in [1.54, 1.807) is 0 Å². The van der Waals surface area contributed by atoms with Gasteiger partial charge in [-0.15, -0.1) is 10.2 Å². The lowest BCUT2D eigenvalue weighted by Gasteiger charge is -2.06. The number of fused-ring (bicyclic) bond motifs is 4. The number of nitrogens with one attached hydrogen (secondary N) is 1. The van der Waals surface area contributed by atoms with Gasteiger partial charge in [-0.1, -0.05) is 92.9 Å². The monoisotopic (exact) mass is 501 g/mol. The highest BCUT2D eigenvalue weighted by Gasteiger charge is 2.14. The van der Waals surface area contributed by atoms with Crippen LogP contribution in [-0.2, 0) is 13.1 Å². The van der Waals surface area contributed by atoms with Gasteiger partial charge in [0.25, 0.3) is 5.95 Å². The molecule has 0 amide bonds. The fourth-order valence-electron chi connectivity index (χ4n) is 5.12. The van der Waals surface area contributed by atoms with Crippen LogP contribution < -0.4 is 5.43 Å². The Bertz CT molecular complexity index is 1710. The summed E-state index contributed by atoms with van der Waals surface area (Å²) in [6.45, 7) is 3.94. The largest absolute Gasteiger partial charge is 0.342 e. The number of nitrogens with zero attached hydrogens (tertiary/aromatic N) is 6. The number of aryl methyl sites for hydroxylation is 1. The second-order valence-corrected chi connectivity index (χ2v) is 9.62. The number of benzene rings is 3. The molecule has 0 bridgehead atoms. The summed E-state index contributed by atoms with van der Waals surface area (Å²) in [5.74, 6) is 0.388. The van der Waals surface area contributed by atoms with E-state index in [0.717, 1.165) is 52.5 Å². The number of hydrogen-bond acceptors (Lipinski definition) is 5. The Morgan fingerprint density at radius 3 is 2.42 bits per heavy atom. The molecule has 6 aromatic rings. The molecule has 1 N–H and O–H groups in total. The van der Waals surface area contributed by atoms with E-state index >= 15 is 0 Å². The van der Waals surface area contributed by atoms with E-state index in [2.05, 4.69) is 110 Å². The molecule has 3 aromatic heterocycles. The normalized spacial score (nSPS) is 11.8. The summed E-state index contributed by atoms with van der Waals surface area (Å²) in [4.78, 5) is 4.83. The summed E-state index contributed by atoms with van der Waals surface area (Å²) in [6.07, 6.45) is 8.74. The van der Waals surface area contributed by atoms with Crippen LogP contribution in [0.5, 0.6) is 0 Å². The number of unbranched alkanes of at least 4 members (excludes halogenated alkanes) is 3. The predicted molar refractivity (Wildman–Crippen MR) is 156 cm³/mol. The van der Waals surface area contributed by atoms with Gasteiger partial charge < -0.3 is 9.13 Å². The summed E-state index contributed by atoms with van der Waals surface area (Å²) in [7, 11) is 0. The van der Waals surface area contributed by atoms with Crippen LogP contribution in [0.1, 0.15) is 43.7 Å². The topological polar surface area (TPSA) is 72.9 Å². The van der Waals surface area contributed by atoms with Crippen LogP contribution in [0.2, 0.25) is 0 Å². The first-order valence-electron chi connectivity index (χ1n) is 13.3. The summed E-state index contributed by atoms with van der Waals surface area (Å²) in [6, 6.07) is 27.2. The van der Waals surface area contributed by atoms with Crippen molar-refractivity contribution in [2.75, 3.05) is 5.43 Å². The van der Waals surface area contributed by atoms with Crippen molar-refractivity contribution in [1.82, 2.24) is 24.3 Å². The van der Waals surface area contributed by atoms with Crippen molar-refractivity contribution in [3.05, 3.63) is 96.2 Å². The van der Waals surface area contributed by atoms with E-state index in [1.807, 2.05) is 18.3 Å². The molecule has 7 heteroatoms. The van der Waals surface area contributed by atoms with Crippen LogP contribution in [0.4, 0.5) is 5.95 Å². The minimum absolute atomic E-state index is 0.388. The van der Waals surface area contributed by atoms with Crippen molar-refractivity contribution in [1.29, 1.82) is 0 Å². The number of rotatable bonds is 10. The molecule has 0 aliphatic heterocycles. The van der Waals surface area contributed by atoms with Gasteiger partial charge in [0.1, 0.15) is 5.52 Å². The second kappa shape index (κ2) is 10.8. The molecular weight excluding hydrogens is 470 g/mol. The van der Waals surface area contributed by atoms with Crippen molar-refractivity contribution < 1.29 is 0 Å². The predicted octanol–water partition coefficient (Wildman–Crippen LogP) is 7.01. The summed E-state index contributed by atoms with van der Waals surface area (Å²) >= 11 is 0. The third-order valence-corrected chi connectivity index (χ3v) is 6.99. The Labute approximate surface area is 221 Å². The van der Waals surface area contributed by atoms with Gasteiger partial charge in [-0.3, -0.25) is 0 Å². The standard InChI is InChI=1S/C31H31N7/c1-2-3-4-12-19-38-28-18-11-9-16-26(28)29-30(38)33-31(36-34-29)35-32-20-24-22-37(21-23-13-6-5-7-14-23)27-17-10-8-15-25(24)27/h5-11,13-18,20,22H,2-4,12,19,21H2,1H3,(H,33,35,36)/b32-20+. The quantitative estimate of drug-likeness (QED) is 0.124. The molecule has 0 unspecified atom stereocenters. The minimum Gasteiger partial charge on any atom is -0.342 e. The lowest BCUT2D eigenvalue weighted by molar-refractivity contribution is 0.600. The maximum absolute atomic E-state index is 4.83. The first-order chi connectivity index (χ1) is 18.8. The number of para-hydroxylation sites is 2. The molecule has 3 aromatic carbocycles. The molecule has 38 heavy (non-hydrogen) atoms. The van der Waals surface area contributed by atoms with E-state index in [-0.39, 0.29) is 0 Å². The van der Waals surface area contributed by atoms with Gasteiger partial charge in [0.2, 0.25) is 0 Å². The van der Waals surface area contributed by atoms with Gasteiger partial charge in [-0.25, -0.2) is 5.43 Å². The lowest BCUT2D eigenvalue weighted by Crippen LogP contribution is -2.03. The van der Waals surface area contributed by atoms with Gasteiger partial charge in [-0.05, 0) is 24.1 Å². The van der Waals surface area contributed by atoms with Crippen LogP contribution in [0.3, 0.4) is 0 Å². The molecule has 0 saturated carbocycles. The molecule has 6 rings (SSSR count). The average Bonchev–Trinajstić information content (AvgIpc) is 3.47. The molecule has 0 radical (unpaired) electrons. The Hall–Kier alpha value is -4.52. The Morgan fingerprint density at radius 1 is 0.816 bits per heavy atom. The number of hydrazone groups is 1. The van der Waals surface area contributed by atoms with Crippen LogP contribution in [-0.4, -0.2) is 30.5 Å². The third kappa shape index (κ3) is 4.75. The minimum atomic E-state index is 0.388. The SMILES string of the molecule is CCCCCCn1c2ccccc2c2nnc(N/N=C/c3cn(Cc4ccccc4)c4ccccc34)nc21. The molecule has 0 aliphatic carbocycles. The number of aromatic nitrogens is 5. The maximum atomic E-state index is 4.83. The van der Waals surface area contributed by atoms with Crippen LogP contribution in [0.15, 0.2) is 90.2 Å². The van der Waals surface area contributed by atoms with Gasteiger partial charge in [0.15, 0.2) is 5.65 Å². The fraction of sp³-hybridized carbons (Fsp3) is 0.226. The highest BCUT2D eigenvalue weighted by molar-refractivity contribution is 6.04. The lowest BCUT2D eigenvalue weighted by atomic mass is 10.2. The van der Waals surface area contributed by atoms with Gasteiger partial charge in [-0.2, -0.15) is 10.1 Å². The van der Waals surface area contributed by atoms with Gasteiger partial charge in [0, 0.05) is 41.1 Å². The van der Waals surface area contributed by atoms with Crippen molar-refractivity contribution in [3.63, 3.8) is 0 Å². The van der Waals surface area contributed by atoms with E-state index in [1.165, 1.54) is 30.3 Å². The zero-order chi connectivity index (χ0) is 25.7. The summed E-state index contributed by atoms with van der Waals surface area (Å²) in [5.41, 5.74) is 9.29. The maximum Gasteiger partial charge on any atom is 0.265 e. The molecule has 0 atom stereocenters. The molecule has 0 fully saturated rings. The first-order valence-corrected chi connectivity index (χ1v) is 13.3. The smallest absolute Gasteiger partial charge is 0.265 e. The molecular formula is C31H31N7. The van der Waals surface area contributed by atoms with Crippen LogP contribution in [0, 0.1) is 0 Å². The van der Waals surface area contributed by atoms with E-state index in [9.17, 15) is 0 Å². The molecule has 0 saturated heterocycles. The van der Waals surface area contributed by atoms with Gasteiger partial charge >= 0.3 is 0 Å². The van der Waals surface area contributed by atoms with Crippen LogP contribution >= 0.6 is 0 Å². The first kappa shape index (κ1) is 23.9. The van der Waals surface area contributed by atoms with E-state index in [0.29, 0.717) is 5.95 Å². The van der Waals surface area contributed by atoms with Crippen molar-refractivity contribution in [2.45, 2.75) is 45.7 Å². The molecule has 190 valence electrons. The van der Waals surface area contributed by atoms with Crippen molar-refractivity contribution in [3.8, 4) is 0 Å². The number of hydrogen-bond donors (Lipinski definition) is 1. The Balaban J connectivity index is 1.27. The summed E-state index contributed by atoms with van der Waals surface area (Å²) < 4.78 is 4.52. The van der Waals surface area contributed by atoms with E-state index in [4.69, 9.17) is 4.98 Å². The van der Waals surface area contributed by atoms with Crippen molar-refractivity contribution in [2.24, 2.45) is 5.10 Å². The molecule has 7 nitrogen and oxygen atoms in total. The summed E-state index contributed by atoms with van der Waals surface area (Å²) in [5, 5.41) is 15.6. The Morgan fingerprint density at radius 2 is 1.58 bits per heavy atom. The van der Waals surface area contributed by atoms with E-state index < -0.39 is 0 Å². The molecule has 3 heterocycles. The zero-order valence-electron chi connectivity index (χ0n) is 21.6. The van der Waals surface area contributed by atoms with Gasteiger partial charge in [0.05, 0.1) is 11.7 Å². The zero-order valence-corrected chi connectivity index (χ0v) is 21.6. The van der Waals surface area contributed by atoms with Crippen LogP contribution in [0.25, 0.3) is 33.0 Å². The molecule has 0 spiro atoms. The average molecular weight is 502 g/mol. The second-order valence-electron chi connectivity index (χ2n) is 9.62. The van der Waals surface area contributed by atoms with Crippen molar-refractivity contribution >= 4 is 45.1 Å². The highest BCUT2D eigenvalue weighted by Crippen LogP contribution is 2.27.